The first-order valence-corrected chi connectivity index (χ1v) is 8.47. The van der Waals surface area contributed by atoms with Crippen LogP contribution >= 0.6 is 11.6 Å². The van der Waals surface area contributed by atoms with Crippen LogP contribution in [0.15, 0.2) is 42.5 Å². The monoisotopic (exact) mass is 398 g/mol. The van der Waals surface area contributed by atoms with E-state index in [9.17, 15) is 22.8 Å². The molecule has 0 heterocycles. The third-order valence-corrected chi connectivity index (χ3v) is 4.36. The van der Waals surface area contributed by atoms with Gasteiger partial charge in [0.2, 0.25) is 11.8 Å². The number of carbonyl (C=O) groups excluding carboxylic acids is 2. The largest absolute Gasteiger partial charge is 0.416 e. The van der Waals surface area contributed by atoms with Gasteiger partial charge in [0.25, 0.3) is 0 Å². The molecular weight excluding hydrogens is 381 g/mol. The fraction of sp³-hybridized carbons (Fsp3) is 0.263. The minimum absolute atomic E-state index is 0.0446. The van der Waals surface area contributed by atoms with Crippen LogP contribution in [0, 0.1) is 6.92 Å². The van der Waals surface area contributed by atoms with E-state index in [4.69, 9.17) is 11.6 Å². The summed E-state index contributed by atoms with van der Waals surface area (Å²) in [7, 11) is 0. The van der Waals surface area contributed by atoms with E-state index in [1.165, 1.54) is 24.0 Å². The topological polar surface area (TPSA) is 49.4 Å². The normalized spacial score (nSPS) is 11.2. The number of alkyl halides is 3. The molecule has 0 aliphatic carbocycles. The van der Waals surface area contributed by atoms with Gasteiger partial charge in [-0.3, -0.25) is 9.59 Å². The molecule has 1 N–H and O–H groups in total. The molecule has 4 nitrogen and oxygen atoms in total. The molecule has 0 aromatic heterocycles. The van der Waals surface area contributed by atoms with E-state index in [0.29, 0.717) is 16.3 Å². The van der Waals surface area contributed by atoms with Crippen LogP contribution in [0.2, 0.25) is 5.02 Å². The second-order valence-electron chi connectivity index (χ2n) is 5.93. The average Bonchev–Trinajstić information content (AvgIpc) is 2.58. The predicted octanol–water partition coefficient (Wildman–Crippen LogP) is 5.05. The van der Waals surface area contributed by atoms with Crippen molar-refractivity contribution in [1.82, 2.24) is 0 Å². The van der Waals surface area contributed by atoms with Crippen molar-refractivity contribution >= 4 is 34.8 Å². The number of anilines is 2. The smallest absolute Gasteiger partial charge is 0.326 e. The van der Waals surface area contributed by atoms with Gasteiger partial charge in [0.1, 0.15) is 0 Å². The average molecular weight is 399 g/mol. The van der Waals surface area contributed by atoms with Gasteiger partial charge in [0.15, 0.2) is 0 Å². The zero-order chi connectivity index (χ0) is 20.2. The number of carbonyl (C=O) groups is 2. The van der Waals surface area contributed by atoms with Gasteiger partial charge in [-0.1, -0.05) is 23.7 Å². The summed E-state index contributed by atoms with van der Waals surface area (Å²) in [5.74, 6) is -0.771. The van der Waals surface area contributed by atoms with Crippen molar-refractivity contribution in [1.29, 1.82) is 0 Å². The number of rotatable bonds is 5. The van der Waals surface area contributed by atoms with Crippen molar-refractivity contribution in [2.75, 3.05) is 16.8 Å². The van der Waals surface area contributed by atoms with Crippen LogP contribution < -0.4 is 10.2 Å². The van der Waals surface area contributed by atoms with E-state index in [2.05, 4.69) is 5.32 Å². The third kappa shape index (κ3) is 5.47. The first-order valence-electron chi connectivity index (χ1n) is 8.10. The SMILES string of the molecule is CC(=O)N(CCC(=O)Nc1cccc(C(F)(F)F)c1)c1cccc(Cl)c1C. The Balaban J connectivity index is 2.07. The first-order chi connectivity index (χ1) is 12.6. The van der Waals surface area contributed by atoms with Crippen molar-refractivity contribution in [2.45, 2.75) is 26.4 Å². The van der Waals surface area contributed by atoms with E-state index in [-0.39, 0.29) is 24.6 Å². The van der Waals surface area contributed by atoms with Gasteiger partial charge < -0.3 is 10.2 Å². The molecular formula is C19H18ClF3N2O2. The lowest BCUT2D eigenvalue weighted by molar-refractivity contribution is -0.137. The number of nitrogens with zero attached hydrogens (tertiary/aromatic N) is 1. The molecule has 0 atom stereocenters. The molecule has 8 heteroatoms. The van der Waals surface area contributed by atoms with Gasteiger partial charge in [0, 0.05) is 36.3 Å². The molecule has 0 aliphatic heterocycles. The lowest BCUT2D eigenvalue weighted by Crippen LogP contribution is -2.32. The van der Waals surface area contributed by atoms with E-state index in [1.54, 1.807) is 25.1 Å². The highest BCUT2D eigenvalue weighted by atomic mass is 35.5. The quantitative estimate of drug-likeness (QED) is 0.766. The minimum atomic E-state index is -4.49. The van der Waals surface area contributed by atoms with Crippen LogP contribution in [0.4, 0.5) is 24.5 Å². The Hall–Kier alpha value is -2.54. The maximum atomic E-state index is 12.7. The lowest BCUT2D eigenvalue weighted by Gasteiger charge is -2.23. The molecule has 0 saturated carbocycles. The zero-order valence-electron chi connectivity index (χ0n) is 14.7. The van der Waals surface area contributed by atoms with Gasteiger partial charge in [0.05, 0.1) is 5.56 Å². The van der Waals surface area contributed by atoms with Gasteiger partial charge in [-0.2, -0.15) is 13.2 Å². The molecule has 2 aromatic rings. The molecule has 2 aromatic carbocycles. The Labute approximate surface area is 159 Å². The number of amides is 2. The van der Waals surface area contributed by atoms with Gasteiger partial charge >= 0.3 is 6.18 Å². The standard InChI is InChI=1S/C19H18ClF3N2O2/c1-12-16(20)7-4-8-17(12)25(13(2)26)10-9-18(27)24-15-6-3-5-14(11-15)19(21,22)23/h3-8,11H,9-10H2,1-2H3,(H,24,27). The van der Waals surface area contributed by atoms with Gasteiger partial charge in [-0.05, 0) is 42.8 Å². The molecule has 0 saturated heterocycles. The first kappa shape index (κ1) is 20.8. The molecule has 144 valence electrons. The van der Waals surface area contributed by atoms with Crippen molar-refractivity contribution in [2.24, 2.45) is 0 Å². The van der Waals surface area contributed by atoms with Crippen molar-refractivity contribution in [3.63, 3.8) is 0 Å². The summed E-state index contributed by atoms with van der Waals surface area (Å²) in [5, 5.41) is 2.92. The van der Waals surface area contributed by atoms with Crippen LogP contribution in [0.1, 0.15) is 24.5 Å². The molecule has 0 fully saturated rings. The van der Waals surface area contributed by atoms with Crippen LogP contribution in [-0.2, 0) is 15.8 Å². The Bertz CT molecular complexity index is 853. The van der Waals surface area contributed by atoms with E-state index in [0.717, 1.165) is 12.1 Å². The minimum Gasteiger partial charge on any atom is -0.326 e. The number of hydrogen-bond donors (Lipinski definition) is 1. The highest BCUT2D eigenvalue weighted by Gasteiger charge is 2.30. The van der Waals surface area contributed by atoms with Crippen molar-refractivity contribution in [3.8, 4) is 0 Å². The third-order valence-electron chi connectivity index (χ3n) is 3.95. The summed E-state index contributed by atoms with van der Waals surface area (Å²) < 4.78 is 38.2. The predicted molar refractivity (Wildman–Crippen MR) is 98.9 cm³/mol. The van der Waals surface area contributed by atoms with Gasteiger partial charge in [-0.25, -0.2) is 0 Å². The number of benzene rings is 2. The van der Waals surface area contributed by atoms with E-state index in [1.807, 2.05) is 0 Å². The van der Waals surface area contributed by atoms with Crippen LogP contribution in [0.5, 0.6) is 0 Å². The molecule has 2 amide bonds. The maximum Gasteiger partial charge on any atom is 0.416 e. The van der Waals surface area contributed by atoms with E-state index >= 15 is 0 Å². The van der Waals surface area contributed by atoms with Crippen molar-refractivity contribution in [3.05, 3.63) is 58.6 Å². The number of nitrogens with one attached hydrogen (secondary N) is 1. The Kier molecular flexibility index (Phi) is 6.49. The second kappa shape index (κ2) is 8.43. The zero-order valence-corrected chi connectivity index (χ0v) is 15.5. The van der Waals surface area contributed by atoms with Crippen LogP contribution in [0.25, 0.3) is 0 Å². The summed E-state index contributed by atoms with van der Waals surface area (Å²) in [6.45, 7) is 3.20. The lowest BCUT2D eigenvalue weighted by atomic mass is 10.1. The van der Waals surface area contributed by atoms with Crippen LogP contribution in [0.3, 0.4) is 0 Å². The summed E-state index contributed by atoms with van der Waals surface area (Å²) in [6.07, 6.45) is -4.57. The molecule has 27 heavy (non-hydrogen) atoms. The Morgan fingerprint density at radius 3 is 2.44 bits per heavy atom. The molecule has 0 aliphatic rings. The summed E-state index contributed by atoms with van der Waals surface area (Å²) in [5.41, 5.74) is 0.484. The summed E-state index contributed by atoms with van der Waals surface area (Å²) in [6, 6.07) is 9.49. The Morgan fingerprint density at radius 2 is 1.81 bits per heavy atom. The summed E-state index contributed by atoms with van der Waals surface area (Å²) in [4.78, 5) is 25.5. The van der Waals surface area contributed by atoms with Crippen LogP contribution in [-0.4, -0.2) is 18.4 Å². The number of hydrogen-bond acceptors (Lipinski definition) is 2. The molecule has 0 unspecified atom stereocenters. The fourth-order valence-corrected chi connectivity index (χ4v) is 2.72. The van der Waals surface area contributed by atoms with Crippen molar-refractivity contribution < 1.29 is 22.8 Å². The Morgan fingerprint density at radius 1 is 1.15 bits per heavy atom. The van der Waals surface area contributed by atoms with Gasteiger partial charge in [-0.15, -0.1) is 0 Å². The fourth-order valence-electron chi connectivity index (χ4n) is 2.55. The molecule has 0 spiro atoms. The molecule has 0 bridgehead atoms. The molecule has 2 rings (SSSR count). The second-order valence-corrected chi connectivity index (χ2v) is 6.34. The summed E-state index contributed by atoms with van der Waals surface area (Å²) >= 11 is 6.08. The number of halogens is 4. The highest BCUT2D eigenvalue weighted by Crippen LogP contribution is 2.31. The molecule has 0 radical (unpaired) electrons. The maximum absolute atomic E-state index is 12.7. The van der Waals surface area contributed by atoms with E-state index < -0.39 is 17.6 Å². The highest BCUT2D eigenvalue weighted by molar-refractivity contribution is 6.31.